The van der Waals surface area contributed by atoms with Gasteiger partial charge in [-0.15, -0.1) is 0 Å². The van der Waals surface area contributed by atoms with Crippen LogP contribution in [0.25, 0.3) is 11.1 Å². The fourth-order valence-corrected chi connectivity index (χ4v) is 4.41. The first-order chi connectivity index (χ1) is 13.6. The van der Waals surface area contributed by atoms with E-state index in [4.69, 9.17) is 4.74 Å². The highest BCUT2D eigenvalue weighted by Crippen LogP contribution is 2.45. The maximum Gasteiger partial charge on any atom is 0.407 e. The van der Waals surface area contributed by atoms with Gasteiger partial charge in [-0.1, -0.05) is 61.9 Å². The number of rotatable bonds is 7. The first-order valence-corrected chi connectivity index (χ1v) is 9.92. The van der Waals surface area contributed by atoms with Crippen molar-refractivity contribution in [1.82, 2.24) is 5.32 Å². The maximum absolute atomic E-state index is 12.3. The summed E-state index contributed by atoms with van der Waals surface area (Å²) in [5, 5.41) is 12.0. The average molecular weight is 379 g/mol. The predicted molar refractivity (Wildman–Crippen MR) is 106 cm³/mol. The Kier molecular flexibility index (Phi) is 5.07. The van der Waals surface area contributed by atoms with Gasteiger partial charge in [0.25, 0.3) is 0 Å². The summed E-state index contributed by atoms with van der Waals surface area (Å²) in [5.41, 5.74) is 4.59. The Morgan fingerprint density at radius 2 is 1.68 bits per heavy atom. The van der Waals surface area contributed by atoms with Crippen molar-refractivity contribution in [3.63, 3.8) is 0 Å². The Morgan fingerprint density at radius 3 is 2.21 bits per heavy atom. The van der Waals surface area contributed by atoms with Crippen LogP contribution < -0.4 is 5.32 Å². The van der Waals surface area contributed by atoms with Gasteiger partial charge in [-0.3, -0.25) is 0 Å². The fraction of sp³-hybridized carbons (Fsp3) is 0.391. The molecule has 146 valence electrons. The standard InChI is InChI=1S/C23H25NO4/c1-2-14-11-15(14)12-21(22(25)26)24-23(27)28-13-20-18-9-5-3-7-16(18)17-8-4-6-10-19(17)20/h3-10,14-15,20-21H,2,11-13H2,1H3,(H,24,27)(H,25,26)/t14-,15+,21?/m1/s1. The van der Waals surface area contributed by atoms with Crippen LogP contribution in [-0.2, 0) is 9.53 Å². The summed E-state index contributed by atoms with van der Waals surface area (Å²) in [7, 11) is 0. The highest BCUT2D eigenvalue weighted by Gasteiger charge is 2.39. The smallest absolute Gasteiger partial charge is 0.407 e. The summed E-state index contributed by atoms with van der Waals surface area (Å²) in [5.74, 6) is -0.0595. The molecule has 1 saturated carbocycles. The lowest BCUT2D eigenvalue weighted by atomic mass is 9.98. The molecule has 1 unspecified atom stereocenters. The number of amides is 1. The molecule has 28 heavy (non-hydrogen) atoms. The van der Waals surface area contributed by atoms with Gasteiger partial charge in [-0.2, -0.15) is 0 Å². The third kappa shape index (κ3) is 3.61. The van der Waals surface area contributed by atoms with Gasteiger partial charge < -0.3 is 15.2 Å². The predicted octanol–water partition coefficient (Wildman–Crippen LogP) is 4.41. The molecule has 2 aliphatic carbocycles. The lowest BCUT2D eigenvalue weighted by molar-refractivity contribution is -0.139. The Balaban J connectivity index is 1.40. The molecule has 0 aromatic heterocycles. The zero-order valence-corrected chi connectivity index (χ0v) is 15.9. The minimum Gasteiger partial charge on any atom is -0.480 e. The minimum absolute atomic E-state index is 0.0330. The fourth-order valence-electron chi connectivity index (χ4n) is 4.41. The van der Waals surface area contributed by atoms with E-state index in [1.54, 1.807) is 0 Å². The van der Waals surface area contributed by atoms with Crippen LogP contribution in [0.3, 0.4) is 0 Å². The van der Waals surface area contributed by atoms with Crippen LogP contribution in [0, 0.1) is 11.8 Å². The molecule has 5 heteroatoms. The number of ether oxygens (including phenoxy) is 1. The lowest BCUT2D eigenvalue weighted by Crippen LogP contribution is -2.41. The first-order valence-electron chi connectivity index (χ1n) is 9.92. The molecule has 0 aliphatic heterocycles. The van der Waals surface area contributed by atoms with Crippen molar-refractivity contribution in [3.05, 3.63) is 59.7 Å². The number of fused-ring (bicyclic) bond motifs is 3. The van der Waals surface area contributed by atoms with E-state index in [1.165, 1.54) is 0 Å². The van der Waals surface area contributed by atoms with Gasteiger partial charge in [-0.25, -0.2) is 9.59 Å². The Hall–Kier alpha value is -2.82. The quantitative estimate of drug-likeness (QED) is 0.747. The van der Waals surface area contributed by atoms with Crippen LogP contribution >= 0.6 is 0 Å². The summed E-state index contributed by atoms with van der Waals surface area (Å²) in [4.78, 5) is 23.8. The Labute approximate surface area is 164 Å². The highest BCUT2D eigenvalue weighted by molar-refractivity contribution is 5.81. The van der Waals surface area contributed by atoms with Crippen molar-refractivity contribution in [2.75, 3.05) is 6.61 Å². The topological polar surface area (TPSA) is 75.6 Å². The van der Waals surface area contributed by atoms with Crippen molar-refractivity contribution in [3.8, 4) is 11.1 Å². The van der Waals surface area contributed by atoms with E-state index in [1.807, 2.05) is 24.3 Å². The second kappa shape index (κ2) is 7.66. The summed E-state index contributed by atoms with van der Waals surface area (Å²) >= 11 is 0. The number of carboxylic acid groups (broad SMARTS) is 1. The van der Waals surface area contributed by atoms with E-state index >= 15 is 0 Å². The second-order valence-electron chi connectivity index (χ2n) is 7.76. The molecule has 0 saturated heterocycles. The van der Waals surface area contributed by atoms with E-state index in [2.05, 4.69) is 36.5 Å². The van der Waals surface area contributed by atoms with Crippen molar-refractivity contribution in [2.24, 2.45) is 11.8 Å². The molecular formula is C23H25NO4. The van der Waals surface area contributed by atoms with Crippen LogP contribution in [-0.4, -0.2) is 29.8 Å². The normalized spacial score (nSPS) is 20.8. The zero-order valence-electron chi connectivity index (χ0n) is 15.9. The third-order valence-corrected chi connectivity index (χ3v) is 6.07. The Bertz CT molecular complexity index is 848. The highest BCUT2D eigenvalue weighted by atomic mass is 16.5. The molecule has 2 aromatic rings. The second-order valence-corrected chi connectivity index (χ2v) is 7.76. The summed E-state index contributed by atoms with van der Waals surface area (Å²) in [6, 6.07) is 15.4. The molecule has 0 heterocycles. The molecule has 3 atom stereocenters. The number of nitrogens with one attached hydrogen (secondary N) is 1. The van der Waals surface area contributed by atoms with Crippen LogP contribution in [0.15, 0.2) is 48.5 Å². The molecule has 4 rings (SSSR count). The Morgan fingerprint density at radius 1 is 1.07 bits per heavy atom. The summed E-state index contributed by atoms with van der Waals surface area (Å²) in [6.45, 7) is 2.30. The molecule has 2 aliphatic rings. The van der Waals surface area contributed by atoms with E-state index in [0.29, 0.717) is 18.3 Å². The molecule has 1 amide bonds. The van der Waals surface area contributed by atoms with Crippen molar-refractivity contribution >= 4 is 12.1 Å². The van der Waals surface area contributed by atoms with Gasteiger partial charge in [0.15, 0.2) is 0 Å². The van der Waals surface area contributed by atoms with Crippen LogP contribution in [0.4, 0.5) is 4.79 Å². The molecule has 5 nitrogen and oxygen atoms in total. The average Bonchev–Trinajstić information content (AvgIpc) is 3.38. The number of carbonyl (C=O) groups is 2. The molecular weight excluding hydrogens is 354 g/mol. The van der Waals surface area contributed by atoms with Crippen LogP contribution in [0.5, 0.6) is 0 Å². The van der Waals surface area contributed by atoms with Gasteiger partial charge in [0.05, 0.1) is 0 Å². The van der Waals surface area contributed by atoms with Gasteiger partial charge in [0.2, 0.25) is 0 Å². The van der Waals surface area contributed by atoms with Gasteiger partial charge >= 0.3 is 12.1 Å². The first kappa shape index (κ1) is 18.5. The maximum atomic E-state index is 12.3. The number of aliphatic carboxylic acids is 1. The third-order valence-electron chi connectivity index (χ3n) is 6.07. The van der Waals surface area contributed by atoms with Crippen molar-refractivity contribution < 1.29 is 19.4 Å². The van der Waals surface area contributed by atoms with Gasteiger partial charge in [0, 0.05) is 5.92 Å². The van der Waals surface area contributed by atoms with Crippen molar-refractivity contribution in [1.29, 1.82) is 0 Å². The van der Waals surface area contributed by atoms with Crippen molar-refractivity contribution in [2.45, 2.75) is 38.1 Å². The number of benzene rings is 2. The van der Waals surface area contributed by atoms with E-state index < -0.39 is 18.1 Å². The summed E-state index contributed by atoms with van der Waals surface area (Å²) in [6.07, 6.45) is 1.91. The number of carbonyl (C=O) groups excluding carboxylic acids is 1. The van der Waals surface area contributed by atoms with Crippen LogP contribution in [0.1, 0.15) is 43.2 Å². The molecule has 2 aromatic carbocycles. The van der Waals surface area contributed by atoms with E-state index in [0.717, 1.165) is 35.1 Å². The molecule has 2 N–H and O–H groups in total. The monoisotopic (exact) mass is 379 g/mol. The molecule has 0 radical (unpaired) electrons. The number of alkyl carbamates (subject to hydrolysis) is 1. The summed E-state index contributed by atoms with van der Waals surface area (Å²) < 4.78 is 5.46. The number of hydrogen-bond donors (Lipinski definition) is 2. The van der Waals surface area contributed by atoms with Gasteiger partial charge in [0.1, 0.15) is 12.6 Å². The number of carboxylic acids is 1. The van der Waals surface area contributed by atoms with Gasteiger partial charge in [-0.05, 0) is 46.9 Å². The SMILES string of the molecule is CC[C@@H]1C[C@H]1CC(NC(=O)OCC1c2ccccc2-c2ccccc21)C(=O)O. The largest absolute Gasteiger partial charge is 0.480 e. The molecule has 0 spiro atoms. The zero-order chi connectivity index (χ0) is 19.7. The van der Waals surface area contributed by atoms with Crippen LogP contribution in [0.2, 0.25) is 0 Å². The minimum atomic E-state index is -1.00. The van der Waals surface area contributed by atoms with E-state index in [9.17, 15) is 14.7 Å². The number of hydrogen-bond acceptors (Lipinski definition) is 3. The molecule has 1 fully saturated rings. The van der Waals surface area contributed by atoms with E-state index in [-0.39, 0.29) is 12.5 Å². The lowest BCUT2D eigenvalue weighted by Gasteiger charge is -2.17. The molecule has 0 bridgehead atoms.